The van der Waals surface area contributed by atoms with Crippen molar-refractivity contribution in [2.24, 2.45) is 0 Å². The third-order valence-electron chi connectivity index (χ3n) is 4.28. The zero-order valence-corrected chi connectivity index (χ0v) is 15.3. The predicted octanol–water partition coefficient (Wildman–Crippen LogP) is 5.30. The second kappa shape index (κ2) is 6.64. The van der Waals surface area contributed by atoms with E-state index in [-0.39, 0.29) is 0 Å². The molecule has 0 aliphatic carbocycles. The second-order valence-corrected chi connectivity index (χ2v) is 7.46. The first-order valence-electron chi connectivity index (χ1n) is 8.07. The molecule has 0 amide bonds. The molecule has 0 aliphatic heterocycles. The Labute approximate surface area is 155 Å². The Kier molecular flexibility index (Phi) is 4.34. The molecule has 0 bridgehead atoms. The number of imidazole rings is 1. The summed E-state index contributed by atoms with van der Waals surface area (Å²) >= 11 is 7.84. The van der Waals surface area contributed by atoms with Crippen molar-refractivity contribution in [2.75, 3.05) is 0 Å². The highest BCUT2D eigenvalue weighted by molar-refractivity contribution is 7.10. The van der Waals surface area contributed by atoms with Crippen molar-refractivity contribution < 1.29 is 5.11 Å². The zero-order chi connectivity index (χ0) is 17.4. The highest BCUT2D eigenvalue weighted by Gasteiger charge is 2.20. The summed E-state index contributed by atoms with van der Waals surface area (Å²) in [6.45, 7) is 2.00. The third kappa shape index (κ3) is 3.09. The Balaban J connectivity index is 1.90. The van der Waals surface area contributed by atoms with E-state index in [0.717, 1.165) is 33.0 Å². The summed E-state index contributed by atoms with van der Waals surface area (Å²) in [6, 6.07) is 15.9. The molecular formula is C20H17ClN2OS. The van der Waals surface area contributed by atoms with Gasteiger partial charge in [-0.2, -0.15) is 0 Å². The number of aryl methyl sites for hydroxylation is 1. The molecule has 3 aromatic heterocycles. The van der Waals surface area contributed by atoms with Crippen LogP contribution in [0, 0.1) is 6.92 Å². The molecule has 3 heterocycles. The number of pyridine rings is 1. The summed E-state index contributed by atoms with van der Waals surface area (Å²) in [5, 5.41) is 13.3. The Morgan fingerprint density at radius 1 is 1.20 bits per heavy atom. The first-order valence-corrected chi connectivity index (χ1v) is 9.33. The van der Waals surface area contributed by atoms with Gasteiger partial charge in [0.1, 0.15) is 5.65 Å². The van der Waals surface area contributed by atoms with Crippen LogP contribution in [-0.4, -0.2) is 14.5 Å². The van der Waals surface area contributed by atoms with Gasteiger partial charge < -0.3 is 9.51 Å². The topological polar surface area (TPSA) is 37.5 Å². The maximum absolute atomic E-state index is 10.7. The lowest BCUT2D eigenvalue weighted by Gasteiger charge is -2.11. The van der Waals surface area contributed by atoms with E-state index >= 15 is 0 Å². The quantitative estimate of drug-likeness (QED) is 0.530. The smallest absolute Gasteiger partial charge is 0.140 e. The summed E-state index contributed by atoms with van der Waals surface area (Å²) < 4.78 is 2.01. The fourth-order valence-electron chi connectivity index (χ4n) is 3.10. The number of hydrogen-bond acceptors (Lipinski definition) is 3. The minimum Gasteiger partial charge on any atom is -0.387 e. The van der Waals surface area contributed by atoms with E-state index in [1.807, 2.05) is 71.4 Å². The van der Waals surface area contributed by atoms with Crippen molar-refractivity contribution >= 4 is 28.6 Å². The Morgan fingerprint density at radius 2 is 2.00 bits per heavy atom. The van der Waals surface area contributed by atoms with Crippen LogP contribution >= 0.6 is 22.9 Å². The first kappa shape index (κ1) is 16.3. The molecule has 25 heavy (non-hydrogen) atoms. The molecule has 0 saturated carbocycles. The minimum absolute atomic E-state index is 0.478. The maximum Gasteiger partial charge on any atom is 0.140 e. The lowest BCUT2D eigenvalue weighted by atomic mass is 10.1. The molecule has 0 radical (unpaired) electrons. The molecule has 0 fully saturated rings. The number of benzene rings is 1. The van der Waals surface area contributed by atoms with E-state index in [0.29, 0.717) is 11.4 Å². The number of aliphatic hydroxyl groups excluding tert-OH is 1. The summed E-state index contributed by atoms with van der Waals surface area (Å²) in [5.74, 6) is 0. The van der Waals surface area contributed by atoms with Crippen molar-refractivity contribution in [1.29, 1.82) is 0 Å². The maximum atomic E-state index is 10.7. The van der Waals surface area contributed by atoms with Crippen molar-refractivity contribution in [3.63, 3.8) is 0 Å². The number of aliphatic hydroxyl groups is 1. The van der Waals surface area contributed by atoms with Crippen LogP contribution < -0.4 is 0 Å². The molecule has 0 spiro atoms. The molecule has 0 saturated heterocycles. The zero-order valence-electron chi connectivity index (χ0n) is 13.7. The number of hydrogen-bond donors (Lipinski definition) is 1. The second-order valence-electron chi connectivity index (χ2n) is 6.04. The number of thiophene rings is 1. The van der Waals surface area contributed by atoms with Crippen LogP contribution in [0.4, 0.5) is 0 Å². The van der Waals surface area contributed by atoms with E-state index in [1.54, 1.807) is 11.3 Å². The van der Waals surface area contributed by atoms with E-state index < -0.39 is 6.10 Å². The Morgan fingerprint density at radius 3 is 2.72 bits per heavy atom. The average molecular weight is 369 g/mol. The van der Waals surface area contributed by atoms with Crippen molar-refractivity contribution in [3.05, 3.63) is 81.3 Å². The van der Waals surface area contributed by atoms with Gasteiger partial charge in [0.25, 0.3) is 0 Å². The minimum atomic E-state index is -0.568. The SMILES string of the molecule is Cc1cc(Cl)cn2c(CC(O)c3cccs3)c(-c3ccccc3)nc12. The standard InChI is InChI=1S/C20H17ClN2OS/c1-13-10-15(21)12-23-16(11-17(24)18-8-5-9-25-18)19(22-20(13)23)14-6-3-2-4-7-14/h2-10,12,17,24H,11H2,1H3. The first-order chi connectivity index (χ1) is 12.1. The molecule has 3 nitrogen and oxygen atoms in total. The monoisotopic (exact) mass is 368 g/mol. The van der Waals surface area contributed by atoms with Crippen LogP contribution in [0.1, 0.15) is 22.2 Å². The molecule has 0 aliphatic rings. The molecule has 1 aromatic carbocycles. The fourth-order valence-corrected chi connectivity index (χ4v) is 4.08. The molecule has 4 aromatic rings. The fraction of sp³-hybridized carbons (Fsp3) is 0.150. The van der Waals surface area contributed by atoms with Crippen molar-refractivity contribution in [1.82, 2.24) is 9.38 Å². The van der Waals surface area contributed by atoms with E-state index in [1.165, 1.54) is 0 Å². The Bertz CT molecular complexity index is 1010. The molecule has 1 N–H and O–H groups in total. The predicted molar refractivity (Wildman–Crippen MR) is 103 cm³/mol. The third-order valence-corrected chi connectivity index (χ3v) is 5.46. The van der Waals surface area contributed by atoms with Gasteiger partial charge in [0.15, 0.2) is 0 Å². The number of aromatic nitrogens is 2. The molecule has 5 heteroatoms. The van der Waals surface area contributed by atoms with Crippen LogP contribution in [0.2, 0.25) is 5.02 Å². The normalized spacial score (nSPS) is 12.6. The van der Waals surface area contributed by atoms with Crippen molar-refractivity contribution in [2.45, 2.75) is 19.4 Å². The van der Waals surface area contributed by atoms with E-state index in [4.69, 9.17) is 16.6 Å². The number of nitrogens with zero attached hydrogens (tertiary/aromatic N) is 2. The van der Waals surface area contributed by atoms with E-state index in [9.17, 15) is 5.11 Å². The molecule has 1 atom stereocenters. The highest BCUT2D eigenvalue weighted by atomic mass is 35.5. The van der Waals surface area contributed by atoms with Gasteiger partial charge in [0.2, 0.25) is 0 Å². The lowest BCUT2D eigenvalue weighted by molar-refractivity contribution is 0.181. The van der Waals surface area contributed by atoms with Gasteiger partial charge in [-0.3, -0.25) is 0 Å². The summed E-state index contributed by atoms with van der Waals surface area (Å²) in [5.41, 5.74) is 4.78. The van der Waals surface area contributed by atoms with Gasteiger partial charge in [-0.15, -0.1) is 11.3 Å². The number of halogens is 1. The highest BCUT2D eigenvalue weighted by Crippen LogP contribution is 2.31. The molecular weight excluding hydrogens is 352 g/mol. The van der Waals surface area contributed by atoms with Gasteiger partial charge in [0.05, 0.1) is 22.5 Å². The average Bonchev–Trinajstić information content (AvgIpc) is 3.25. The van der Waals surface area contributed by atoms with Gasteiger partial charge in [-0.25, -0.2) is 4.98 Å². The van der Waals surface area contributed by atoms with Crippen LogP contribution in [0.3, 0.4) is 0 Å². The van der Waals surface area contributed by atoms with E-state index in [2.05, 4.69) is 0 Å². The van der Waals surface area contributed by atoms with Crippen molar-refractivity contribution in [3.8, 4) is 11.3 Å². The number of fused-ring (bicyclic) bond motifs is 1. The molecule has 4 rings (SSSR count). The van der Waals surface area contributed by atoms with Crippen LogP contribution in [0.15, 0.2) is 60.1 Å². The summed E-state index contributed by atoms with van der Waals surface area (Å²) in [7, 11) is 0. The van der Waals surface area contributed by atoms with Crippen LogP contribution in [0.5, 0.6) is 0 Å². The summed E-state index contributed by atoms with van der Waals surface area (Å²) in [4.78, 5) is 5.81. The summed E-state index contributed by atoms with van der Waals surface area (Å²) in [6.07, 6.45) is 1.78. The lowest BCUT2D eigenvalue weighted by Crippen LogP contribution is -2.04. The van der Waals surface area contributed by atoms with Gasteiger partial charge in [0, 0.05) is 23.1 Å². The number of rotatable bonds is 4. The van der Waals surface area contributed by atoms with Gasteiger partial charge in [-0.1, -0.05) is 48.0 Å². The largest absolute Gasteiger partial charge is 0.387 e. The molecule has 1 unspecified atom stereocenters. The van der Waals surface area contributed by atoms with Crippen LogP contribution in [-0.2, 0) is 6.42 Å². The Hall–Kier alpha value is -2.14. The van der Waals surface area contributed by atoms with Crippen LogP contribution in [0.25, 0.3) is 16.9 Å². The van der Waals surface area contributed by atoms with Gasteiger partial charge in [-0.05, 0) is 30.0 Å². The molecule has 126 valence electrons. The van der Waals surface area contributed by atoms with Gasteiger partial charge >= 0.3 is 0 Å².